The summed E-state index contributed by atoms with van der Waals surface area (Å²) < 4.78 is 4.33. The van der Waals surface area contributed by atoms with Crippen molar-refractivity contribution in [3.8, 4) is 0 Å². The van der Waals surface area contributed by atoms with E-state index < -0.39 is 4.92 Å². The van der Waals surface area contributed by atoms with Gasteiger partial charge in [0.1, 0.15) is 0 Å². The van der Waals surface area contributed by atoms with E-state index in [1.807, 2.05) is 0 Å². The average molecular weight is 188 g/mol. The van der Waals surface area contributed by atoms with Crippen LogP contribution in [0.2, 0.25) is 0 Å². The van der Waals surface area contributed by atoms with Gasteiger partial charge < -0.3 is 0 Å². The fourth-order valence-corrected chi connectivity index (χ4v) is 0.903. The van der Waals surface area contributed by atoms with Crippen LogP contribution in [0, 0.1) is 10.1 Å². The van der Waals surface area contributed by atoms with Gasteiger partial charge in [-0.2, -0.15) is 0 Å². The summed E-state index contributed by atoms with van der Waals surface area (Å²) in [4.78, 5) is 9.77. The van der Waals surface area contributed by atoms with Crippen LogP contribution in [-0.2, 0) is 10.9 Å². The summed E-state index contributed by atoms with van der Waals surface area (Å²) >= 11 is 5.00. The van der Waals surface area contributed by atoms with E-state index in [1.54, 1.807) is 12.1 Å². The minimum atomic E-state index is -0.453. The highest BCUT2D eigenvalue weighted by Crippen LogP contribution is 2.12. The number of hydrogen-bond acceptors (Lipinski definition) is 3. The predicted molar refractivity (Wildman–Crippen MR) is 43.7 cm³/mol. The van der Waals surface area contributed by atoms with Gasteiger partial charge in [0.05, 0.1) is 23.4 Å². The molecule has 0 aliphatic carbocycles. The Morgan fingerprint density at radius 1 is 1.42 bits per heavy atom. The Morgan fingerprint density at radius 2 is 2.00 bits per heavy atom. The molecule has 0 atom stereocenters. The molecule has 5 heteroatoms. The van der Waals surface area contributed by atoms with E-state index >= 15 is 0 Å². The SMILES string of the molecule is O=[N+]([O-])c1ccc(COCl)cc1. The van der Waals surface area contributed by atoms with Gasteiger partial charge in [-0.05, 0) is 17.7 Å². The maximum Gasteiger partial charge on any atom is 0.269 e. The van der Waals surface area contributed by atoms with E-state index in [2.05, 4.69) is 4.29 Å². The van der Waals surface area contributed by atoms with Crippen LogP contribution in [0.1, 0.15) is 5.56 Å². The zero-order chi connectivity index (χ0) is 8.97. The maximum absolute atomic E-state index is 10.2. The monoisotopic (exact) mass is 187 g/mol. The Labute approximate surface area is 74.0 Å². The van der Waals surface area contributed by atoms with E-state index in [1.165, 1.54) is 12.1 Å². The molecule has 0 heterocycles. The largest absolute Gasteiger partial charge is 0.274 e. The third kappa shape index (κ3) is 2.18. The molecule has 1 aromatic carbocycles. The second kappa shape index (κ2) is 4.04. The van der Waals surface area contributed by atoms with Crippen LogP contribution >= 0.6 is 11.9 Å². The Balaban J connectivity index is 2.78. The third-order valence-electron chi connectivity index (χ3n) is 1.37. The summed E-state index contributed by atoms with van der Waals surface area (Å²) in [6.45, 7) is 0.250. The molecule has 0 aliphatic heterocycles. The topological polar surface area (TPSA) is 52.4 Å². The van der Waals surface area contributed by atoms with Crippen LogP contribution < -0.4 is 0 Å². The second-order valence-corrected chi connectivity index (χ2v) is 2.40. The molecule has 1 aromatic rings. The lowest BCUT2D eigenvalue weighted by Crippen LogP contribution is -1.88. The lowest BCUT2D eigenvalue weighted by atomic mass is 10.2. The number of nitrogens with zero attached hydrogens (tertiary/aromatic N) is 1. The van der Waals surface area contributed by atoms with Gasteiger partial charge in [-0.1, -0.05) is 0 Å². The Kier molecular flexibility index (Phi) is 3.01. The van der Waals surface area contributed by atoms with E-state index in [-0.39, 0.29) is 12.3 Å². The minimum absolute atomic E-state index is 0.0633. The molecular formula is C7H6ClNO3. The van der Waals surface area contributed by atoms with Crippen LogP contribution in [0.4, 0.5) is 5.69 Å². The Morgan fingerprint density at radius 3 is 2.42 bits per heavy atom. The van der Waals surface area contributed by atoms with Crippen molar-refractivity contribution in [1.82, 2.24) is 0 Å². The number of benzene rings is 1. The average Bonchev–Trinajstić information content (AvgIpc) is 2.06. The number of nitro benzene ring substituents is 1. The summed E-state index contributed by atoms with van der Waals surface area (Å²) in [6.07, 6.45) is 0. The van der Waals surface area contributed by atoms with Gasteiger partial charge in [0.2, 0.25) is 0 Å². The van der Waals surface area contributed by atoms with Crippen molar-refractivity contribution >= 4 is 17.6 Å². The van der Waals surface area contributed by atoms with E-state index in [0.29, 0.717) is 0 Å². The zero-order valence-corrected chi connectivity index (χ0v) is 6.82. The number of non-ortho nitro benzene ring substituents is 1. The zero-order valence-electron chi connectivity index (χ0n) is 6.07. The molecule has 0 N–H and O–H groups in total. The van der Waals surface area contributed by atoms with E-state index in [9.17, 15) is 10.1 Å². The van der Waals surface area contributed by atoms with Crippen LogP contribution in [0.3, 0.4) is 0 Å². The van der Waals surface area contributed by atoms with E-state index in [0.717, 1.165) is 5.56 Å². The van der Waals surface area contributed by atoms with Gasteiger partial charge >= 0.3 is 0 Å². The molecule has 0 saturated carbocycles. The Hall–Kier alpha value is -1.13. The summed E-state index contributed by atoms with van der Waals surface area (Å²) in [5, 5.41) is 10.2. The standard InChI is InChI=1S/C7H6ClNO3/c8-12-5-6-1-3-7(4-2-6)9(10)11/h1-4H,5H2. The summed E-state index contributed by atoms with van der Waals surface area (Å²) in [6, 6.07) is 6.01. The van der Waals surface area contributed by atoms with Gasteiger partial charge in [-0.3, -0.25) is 14.4 Å². The number of hydrogen-bond donors (Lipinski definition) is 0. The number of nitro groups is 1. The van der Waals surface area contributed by atoms with Crippen molar-refractivity contribution in [3.63, 3.8) is 0 Å². The fourth-order valence-electron chi connectivity index (χ4n) is 0.777. The normalized spacial score (nSPS) is 9.75. The van der Waals surface area contributed by atoms with Gasteiger partial charge in [0, 0.05) is 12.1 Å². The molecule has 12 heavy (non-hydrogen) atoms. The van der Waals surface area contributed by atoms with Crippen LogP contribution in [0.25, 0.3) is 0 Å². The summed E-state index contributed by atoms with van der Waals surface area (Å²) in [7, 11) is 0. The molecule has 0 amide bonds. The smallest absolute Gasteiger partial charge is 0.269 e. The highest BCUT2D eigenvalue weighted by Gasteiger charge is 2.02. The summed E-state index contributed by atoms with van der Waals surface area (Å²) in [5.41, 5.74) is 0.865. The van der Waals surface area contributed by atoms with E-state index in [4.69, 9.17) is 11.9 Å². The molecule has 0 unspecified atom stereocenters. The quantitative estimate of drug-likeness (QED) is 0.539. The predicted octanol–water partition coefficient (Wildman–Crippen LogP) is 2.27. The lowest BCUT2D eigenvalue weighted by Gasteiger charge is -1.95. The number of rotatable bonds is 3. The first-order chi connectivity index (χ1) is 5.74. The molecule has 1 rings (SSSR count). The van der Waals surface area contributed by atoms with Gasteiger partial charge in [-0.15, -0.1) is 0 Å². The molecule has 0 spiro atoms. The van der Waals surface area contributed by atoms with Crippen molar-refractivity contribution < 1.29 is 9.21 Å². The van der Waals surface area contributed by atoms with Crippen LogP contribution in [-0.4, -0.2) is 4.92 Å². The molecule has 0 saturated heterocycles. The van der Waals surface area contributed by atoms with Crippen LogP contribution in [0.5, 0.6) is 0 Å². The minimum Gasteiger partial charge on any atom is -0.274 e. The molecule has 0 bridgehead atoms. The van der Waals surface area contributed by atoms with Crippen molar-refractivity contribution in [2.45, 2.75) is 6.61 Å². The molecule has 64 valence electrons. The van der Waals surface area contributed by atoms with Crippen molar-refractivity contribution in [1.29, 1.82) is 0 Å². The van der Waals surface area contributed by atoms with Gasteiger partial charge in [0.15, 0.2) is 0 Å². The lowest BCUT2D eigenvalue weighted by molar-refractivity contribution is -0.384. The fraction of sp³-hybridized carbons (Fsp3) is 0.143. The number of halogens is 1. The molecule has 0 radical (unpaired) electrons. The first-order valence-corrected chi connectivity index (χ1v) is 3.52. The van der Waals surface area contributed by atoms with Crippen molar-refractivity contribution in [2.75, 3.05) is 0 Å². The highest BCUT2D eigenvalue weighted by atomic mass is 35.5. The second-order valence-electron chi connectivity index (χ2n) is 2.18. The third-order valence-corrected chi connectivity index (χ3v) is 1.48. The van der Waals surface area contributed by atoms with Gasteiger partial charge in [-0.25, -0.2) is 0 Å². The molecule has 0 fully saturated rings. The van der Waals surface area contributed by atoms with Gasteiger partial charge in [0.25, 0.3) is 5.69 Å². The summed E-state index contributed by atoms with van der Waals surface area (Å²) in [5.74, 6) is 0. The molecule has 4 nitrogen and oxygen atoms in total. The Bertz CT molecular complexity index is 272. The first kappa shape index (κ1) is 8.96. The maximum atomic E-state index is 10.2. The van der Waals surface area contributed by atoms with Crippen LogP contribution in [0.15, 0.2) is 24.3 Å². The van der Waals surface area contributed by atoms with Crippen molar-refractivity contribution in [2.24, 2.45) is 0 Å². The highest BCUT2D eigenvalue weighted by molar-refractivity contribution is 6.07. The molecule has 0 aliphatic rings. The van der Waals surface area contributed by atoms with Crippen molar-refractivity contribution in [3.05, 3.63) is 39.9 Å². The molecular weight excluding hydrogens is 182 g/mol. The first-order valence-electron chi connectivity index (χ1n) is 3.21. The molecule has 0 aromatic heterocycles.